The summed E-state index contributed by atoms with van der Waals surface area (Å²) in [7, 11) is 2.34. The Kier molecular flexibility index (Phi) is 2.97. The summed E-state index contributed by atoms with van der Waals surface area (Å²) < 4.78 is 13.7. The summed E-state index contributed by atoms with van der Waals surface area (Å²) in [6, 6.07) is 0. The average Bonchev–Trinajstić information content (AvgIpc) is 2.53. The summed E-state index contributed by atoms with van der Waals surface area (Å²) in [4.78, 5) is 33.8. The maximum atomic E-state index is 11.4. The second-order valence-electron chi connectivity index (χ2n) is 3.48. The van der Waals surface area contributed by atoms with E-state index in [-0.39, 0.29) is 6.42 Å². The fraction of sp³-hybridized carbons (Fsp3) is 0.667. The first-order chi connectivity index (χ1) is 6.95. The maximum Gasteiger partial charge on any atom is 0.348 e. The molecule has 1 fully saturated rings. The largest absolute Gasteiger partial charge is 0.468 e. The van der Waals surface area contributed by atoms with Crippen LogP contribution in [-0.2, 0) is 28.6 Å². The number of ether oxygens (including phenoxy) is 3. The molecule has 0 aromatic rings. The SMILES string of the molecule is COC(=O)[C@H]1OC(=O)C[C@]1(C)C(=O)OC. The highest BCUT2D eigenvalue weighted by Gasteiger charge is 2.56. The zero-order valence-electron chi connectivity index (χ0n) is 8.73. The van der Waals surface area contributed by atoms with E-state index in [1.54, 1.807) is 0 Å². The highest BCUT2D eigenvalue weighted by atomic mass is 16.6. The van der Waals surface area contributed by atoms with Crippen molar-refractivity contribution < 1.29 is 28.6 Å². The van der Waals surface area contributed by atoms with Gasteiger partial charge < -0.3 is 14.2 Å². The van der Waals surface area contributed by atoms with Crippen LogP contribution in [0.3, 0.4) is 0 Å². The molecule has 1 aliphatic heterocycles. The number of esters is 3. The van der Waals surface area contributed by atoms with E-state index in [0.29, 0.717) is 0 Å². The molecule has 1 heterocycles. The number of hydrogen-bond acceptors (Lipinski definition) is 6. The van der Waals surface area contributed by atoms with E-state index in [2.05, 4.69) is 9.47 Å². The van der Waals surface area contributed by atoms with Gasteiger partial charge in [0.2, 0.25) is 6.10 Å². The van der Waals surface area contributed by atoms with Gasteiger partial charge >= 0.3 is 17.9 Å². The van der Waals surface area contributed by atoms with Gasteiger partial charge in [-0.25, -0.2) is 4.79 Å². The normalized spacial score (nSPS) is 29.5. The van der Waals surface area contributed by atoms with Crippen molar-refractivity contribution in [1.29, 1.82) is 0 Å². The highest BCUT2D eigenvalue weighted by Crippen LogP contribution is 2.37. The van der Waals surface area contributed by atoms with Gasteiger partial charge in [-0.05, 0) is 6.92 Å². The molecule has 0 spiro atoms. The smallest absolute Gasteiger partial charge is 0.348 e. The number of carbonyl (C=O) groups excluding carboxylic acids is 3. The third kappa shape index (κ3) is 1.79. The van der Waals surface area contributed by atoms with Crippen LogP contribution in [0.2, 0.25) is 0 Å². The summed E-state index contributed by atoms with van der Waals surface area (Å²) in [5.41, 5.74) is -1.29. The summed E-state index contributed by atoms with van der Waals surface area (Å²) >= 11 is 0. The first-order valence-electron chi connectivity index (χ1n) is 4.31. The van der Waals surface area contributed by atoms with Gasteiger partial charge in [0.1, 0.15) is 5.41 Å². The quantitative estimate of drug-likeness (QED) is 0.464. The third-order valence-electron chi connectivity index (χ3n) is 2.41. The summed E-state index contributed by atoms with van der Waals surface area (Å²) in [6.07, 6.45) is -1.40. The van der Waals surface area contributed by atoms with Crippen LogP contribution in [-0.4, -0.2) is 38.2 Å². The molecule has 0 saturated carbocycles. The number of rotatable bonds is 2. The Morgan fingerprint density at radius 3 is 2.47 bits per heavy atom. The highest BCUT2D eigenvalue weighted by molar-refractivity contribution is 5.94. The van der Waals surface area contributed by atoms with Crippen LogP contribution in [0.4, 0.5) is 0 Å². The van der Waals surface area contributed by atoms with E-state index in [0.717, 1.165) is 7.11 Å². The van der Waals surface area contributed by atoms with E-state index in [1.807, 2.05) is 0 Å². The molecule has 0 N–H and O–H groups in total. The molecule has 2 atom stereocenters. The lowest BCUT2D eigenvalue weighted by Crippen LogP contribution is -2.42. The first kappa shape index (κ1) is 11.5. The van der Waals surface area contributed by atoms with E-state index in [4.69, 9.17) is 4.74 Å². The van der Waals surface area contributed by atoms with E-state index >= 15 is 0 Å². The lowest BCUT2D eigenvalue weighted by molar-refractivity contribution is -0.170. The van der Waals surface area contributed by atoms with Gasteiger partial charge in [-0.2, -0.15) is 0 Å². The molecule has 15 heavy (non-hydrogen) atoms. The molecule has 0 aromatic carbocycles. The summed E-state index contributed by atoms with van der Waals surface area (Å²) in [6.45, 7) is 1.44. The fourth-order valence-electron chi connectivity index (χ4n) is 1.52. The Balaban J connectivity index is 2.99. The molecule has 0 aromatic heterocycles. The van der Waals surface area contributed by atoms with Crippen molar-refractivity contribution in [3.05, 3.63) is 0 Å². The molecule has 0 radical (unpaired) electrons. The molecule has 1 aliphatic rings. The van der Waals surface area contributed by atoms with Gasteiger partial charge in [0.25, 0.3) is 0 Å². The van der Waals surface area contributed by atoms with Crippen molar-refractivity contribution >= 4 is 17.9 Å². The Bertz CT molecular complexity index is 310. The standard InChI is InChI=1S/C9H12O6/c1-9(8(12)14-3)4-5(10)15-6(9)7(11)13-2/h6H,4H2,1-3H3/t6-,9+/m1/s1. The van der Waals surface area contributed by atoms with E-state index < -0.39 is 29.4 Å². The van der Waals surface area contributed by atoms with Crippen LogP contribution in [0, 0.1) is 5.41 Å². The van der Waals surface area contributed by atoms with Gasteiger partial charge in [0.05, 0.1) is 20.6 Å². The van der Waals surface area contributed by atoms with E-state index in [9.17, 15) is 14.4 Å². The molecule has 1 saturated heterocycles. The van der Waals surface area contributed by atoms with Gasteiger partial charge in [-0.3, -0.25) is 9.59 Å². The molecule has 1 rings (SSSR count). The van der Waals surface area contributed by atoms with Crippen molar-refractivity contribution in [1.82, 2.24) is 0 Å². The first-order valence-corrected chi connectivity index (χ1v) is 4.31. The number of cyclic esters (lactones) is 1. The molecule has 84 valence electrons. The molecule has 0 unspecified atom stereocenters. The Labute approximate surface area is 86.5 Å². The topological polar surface area (TPSA) is 78.9 Å². The van der Waals surface area contributed by atoms with Crippen molar-refractivity contribution in [2.75, 3.05) is 14.2 Å². The molecule has 6 heteroatoms. The molecule has 6 nitrogen and oxygen atoms in total. The van der Waals surface area contributed by atoms with Crippen LogP contribution >= 0.6 is 0 Å². The Morgan fingerprint density at radius 2 is 2.00 bits per heavy atom. The molecule has 0 aliphatic carbocycles. The van der Waals surface area contributed by atoms with Crippen LogP contribution in [0.25, 0.3) is 0 Å². The van der Waals surface area contributed by atoms with Gasteiger partial charge in [0.15, 0.2) is 0 Å². The van der Waals surface area contributed by atoms with E-state index in [1.165, 1.54) is 14.0 Å². The van der Waals surface area contributed by atoms with Crippen LogP contribution in [0.5, 0.6) is 0 Å². The van der Waals surface area contributed by atoms with Crippen LogP contribution in [0.15, 0.2) is 0 Å². The van der Waals surface area contributed by atoms with Crippen molar-refractivity contribution in [3.63, 3.8) is 0 Å². The summed E-state index contributed by atoms with van der Waals surface area (Å²) in [5, 5.41) is 0. The van der Waals surface area contributed by atoms with Crippen molar-refractivity contribution in [2.24, 2.45) is 5.41 Å². The minimum Gasteiger partial charge on any atom is -0.468 e. The summed E-state index contributed by atoms with van der Waals surface area (Å²) in [5.74, 6) is -2.03. The number of methoxy groups -OCH3 is 2. The Hall–Kier alpha value is -1.59. The molecule has 0 amide bonds. The van der Waals surface area contributed by atoms with Crippen molar-refractivity contribution in [2.45, 2.75) is 19.4 Å². The maximum absolute atomic E-state index is 11.4. The van der Waals surface area contributed by atoms with Gasteiger partial charge in [-0.15, -0.1) is 0 Å². The van der Waals surface area contributed by atoms with Gasteiger partial charge in [-0.1, -0.05) is 0 Å². The molecule has 0 bridgehead atoms. The monoisotopic (exact) mass is 216 g/mol. The fourth-order valence-corrected chi connectivity index (χ4v) is 1.52. The minimum atomic E-state index is -1.29. The second-order valence-corrected chi connectivity index (χ2v) is 3.48. The van der Waals surface area contributed by atoms with Crippen molar-refractivity contribution in [3.8, 4) is 0 Å². The lowest BCUT2D eigenvalue weighted by Gasteiger charge is -2.23. The minimum absolute atomic E-state index is 0.181. The molecular formula is C9H12O6. The Morgan fingerprint density at radius 1 is 1.40 bits per heavy atom. The third-order valence-corrected chi connectivity index (χ3v) is 2.41. The number of hydrogen-bond donors (Lipinski definition) is 0. The zero-order valence-corrected chi connectivity index (χ0v) is 8.73. The van der Waals surface area contributed by atoms with Gasteiger partial charge in [0, 0.05) is 0 Å². The lowest BCUT2D eigenvalue weighted by atomic mass is 9.83. The van der Waals surface area contributed by atoms with Crippen LogP contribution in [0.1, 0.15) is 13.3 Å². The van der Waals surface area contributed by atoms with Crippen LogP contribution < -0.4 is 0 Å². The predicted octanol–water partition coefficient (Wildman–Crippen LogP) is -0.346. The zero-order chi connectivity index (χ0) is 11.6. The molecular weight excluding hydrogens is 204 g/mol. The average molecular weight is 216 g/mol. The predicted molar refractivity (Wildman–Crippen MR) is 46.6 cm³/mol. The number of carbonyl (C=O) groups is 3. The second kappa shape index (κ2) is 3.88.